The zero-order valence-corrected chi connectivity index (χ0v) is 15.3. The van der Waals surface area contributed by atoms with E-state index in [0.717, 1.165) is 6.54 Å². The van der Waals surface area contributed by atoms with Gasteiger partial charge in [-0.15, -0.1) is 12.4 Å². The van der Waals surface area contributed by atoms with Gasteiger partial charge >= 0.3 is 0 Å². The summed E-state index contributed by atoms with van der Waals surface area (Å²) < 4.78 is 0. The molecule has 2 rings (SSSR count). The standard InChI is InChI=1S/C19H31NO.ClH/c1-5-6-8-16(3)20-12-11-19(4,15(2)14-20)17-9-7-10-18(21)13-17;/h7,9-10,13,15-16,21H,5-6,8,11-12,14H2,1-4H3;1H. The minimum atomic E-state index is 0. The maximum atomic E-state index is 9.77. The molecule has 1 aliphatic rings. The molecule has 0 spiro atoms. The highest BCUT2D eigenvalue weighted by Gasteiger charge is 2.38. The quantitative estimate of drug-likeness (QED) is 0.824. The van der Waals surface area contributed by atoms with Gasteiger partial charge in [0.05, 0.1) is 0 Å². The maximum Gasteiger partial charge on any atom is 0.115 e. The van der Waals surface area contributed by atoms with Crippen LogP contribution in [0.3, 0.4) is 0 Å². The Bertz CT molecular complexity index is 465. The van der Waals surface area contributed by atoms with Crippen molar-refractivity contribution < 1.29 is 5.11 Å². The molecule has 1 heterocycles. The predicted octanol–water partition coefficient (Wildman–Crippen LogP) is 4.99. The molecule has 0 amide bonds. The van der Waals surface area contributed by atoms with Crippen LogP contribution >= 0.6 is 12.4 Å². The molecule has 1 N–H and O–H groups in total. The van der Waals surface area contributed by atoms with Gasteiger partial charge in [-0.25, -0.2) is 0 Å². The zero-order valence-electron chi connectivity index (χ0n) is 14.5. The summed E-state index contributed by atoms with van der Waals surface area (Å²) >= 11 is 0. The minimum absolute atomic E-state index is 0. The van der Waals surface area contributed by atoms with Crippen LogP contribution in [0.1, 0.15) is 58.9 Å². The average Bonchev–Trinajstić information content (AvgIpc) is 2.47. The van der Waals surface area contributed by atoms with Crippen LogP contribution in [0.2, 0.25) is 0 Å². The number of nitrogens with zero attached hydrogens (tertiary/aromatic N) is 1. The first kappa shape index (κ1) is 19.3. The topological polar surface area (TPSA) is 23.5 Å². The number of hydrogen-bond acceptors (Lipinski definition) is 2. The lowest BCUT2D eigenvalue weighted by Gasteiger charge is -2.47. The Balaban J connectivity index is 0.00000242. The highest BCUT2D eigenvalue weighted by Crippen LogP contribution is 2.40. The fraction of sp³-hybridized carbons (Fsp3) is 0.684. The van der Waals surface area contributed by atoms with Crippen LogP contribution in [0.25, 0.3) is 0 Å². The summed E-state index contributed by atoms with van der Waals surface area (Å²) in [6, 6.07) is 8.55. The normalized spacial score (nSPS) is 27.2. The second-order valence-electron chi connectivity index (χ2n) is 7.11. The Kier molecular flexibility index (Phi) is 7.21. The van der Waals surface area contributed by atoms with E-state index in [-0.39, 0.29) is 17.8 Å². The number of benzene rings is 1. The lowest BCUT2D eigenvalue weighted by molar-refractivity contribution is 0.0768. The van der Waals surface area contributed by atoms with Crippen LogP contribution < -0.4 is 0 Å². The van der Waals surface area contributed by atoms with Gasteiger partial charge in [0.15, 0.2) is 0 Å². The maximum absolute atomic E-state index is 9.77. The molecular formula is C19H32ClNO. The number of unbranched alkanes of at least 4 members (excludes halogenated alkanes) is 1. The molecule has 0 saturated carbocycles. The molecule has 1 aromatic rings. The van der Waals surface area contributed by atoms with Crippen LogP contribution in [-0.4, -0.2) is 29.1 Å². The van der Waals surface area contributed by atoms with Gasteiger partial charge in [0.25, 0.3) is 0 Å². The van der Waals surface area contributed by atoms with E-state index in [1.54, 1.807) is 6.07 Å². The van der Waals surface area contributed by atoms with Crippen LogP contribution in [-0.2, 0) is 5.41 Å². The monoisotopic (exact) mass is 325 g/mol. The molecule has 1 fully saturated rings. The number of piperidine rings is 1. The average molecular weight is 326 g/mol. The number of aromatic hydroxyl groups is 1. The van der Waals surface area contributed by atoms with E-state index in [4.69, 9.17) is 0 Å². The van der Waals surface area contributed by atoms with E-state index in [9.17, 15) is 5.11 Å². The Morgan fingerprint density at radius 3 is 2.73 bits per heavy atom. The zero-order chi connectivity index (χ0) is 15.5. The van der Waals surface area contributed by atoms with E-state index in [1.165, 1.54) is 37.8 Å². The number of hydrogen-bond donors (Lipinski definition) is 1. The first-order valence-corrected chi connectivity index (χ1v) is 8.51. The first-order chi connectivity index (χ1) is 9.97. The molecule has 3 atom stereocenters. The largest absolute Gasteiger partial charge is 0.508 e. The number of phenolic OH excluding ortho intramolecular Hbond substituents is 1. The summed E-state index contributed by atoms with van der Waals surface area (Å²) in [5.41, 5.74) is 1.47. The molecule has 0 aromatic heterocycles. The van der Waals surface area contributed by atoms with Crippen LogP contribution in [0.15, 0.2) is 24.3 Å². The lowest BCUT2D eigenvalue weighted by atomic mass is 9.68. The third-order valence-corrected chi connectivity index (χ3v) is 5.62. The van der Waals surface area contributed by atoms with E-state index in [2.05, 4.69) is 38.7 Å². The summed E-state index contributed by atoms with van der Waals surface area (Å²) in [4.78, 5) is 2.66. The van der Waals surface area contributed by atoms with Crippen molar-refractivity contribution in [2.75, 3.05) is 13.1 Å². The van der Waals surface area contributed by atoms with Crippen molar-refractivity contribution in [1.82, 2.24) is 4.90 Å². The lowest BCUT2D eigenvalue weighted by Crippen LogP contribution is -2.50. The van der Waals surface area contributed by atoms with Crippen molar-refractivity contribution in [2.24, 2.45) is 5.92 Å². The Hall–Kier alpha value is -0.730. The molecule has 0 radical (unpaired) electrons. The van der Waals surface area contributed by atoms with Gasteiger partial charge < -0.3 is 10.0 Å². The summed E-state index contributed by atoms with van der Waals surface area (Å²) in [5, 5.41) is 9.77. The minimum Gasteiger partial charge on any atom is -0.508 e. The van der Waals surface area contributed by atoms with Gasteiger partial charge in [0.1, 0.15) is 5.75 Å². The van der Waals surface area contributed by atoms with Crippen molar-refractivity contribution in [3.8, 4) is 5.75 Å². The molecule has 3 heteroatoms. The number of phenols is 1. The van der Waals surface area contributed by atoms with Gasteiger partial charge in [-0.05, 0) is 55.3 Å². The summed E-state index contributed by atoms with van der Waals surface area (Å²) in [6.07, 6.45) is 5.10. The number of likely N-dealkylation sites (tertiary alicyclic amines) is 1. The molecule has 3 unspecified atom stereocenters. The smallest absolute Gasteiger partial charge is 0.115 e. The van der Waals surface area contributed by atoms with Crippen molar-refractivity contribution in [3.05, 3.63) is 29.8 Å². The molecule has 1 aliphatic heterocycles. The van der Waals surface area contributed by atoms with Crippen molar-refractivity contribution in [2.45, 2.75) is 64.8 Å². The first-order valence-electron chi connectivity index (χ1n) is 8.51. The van der Waals surface area contributed by atoms with Gasteiger partial charge in [0, 0.05) is 12.6 Å². The third-order valence-electron chi connectivity index (χ3n) is 5.62. The van der Waals surface area contributed by atoms with Crippen LogP contribution in [0.4, 0.5) is 0 Å². The molecular weight excluding hydrogens is 294 g/mol. The Morgan fingerprint density at radius 1 is 1.41 bits per heavy atom. The highest BCUT2D eigenvalue weighted by atomic mass is 35.5. The van der Waals surface area contributed by atoms with Crippen LogP contribution in [0.5, 0.6) is 5.75 Å². The molecule has 1 saturated heterocycles. The highest BCUT2D eigenvalue weighted by molar-refractivity contribution is 5.85. The van der Waals surface area contributed by atoms with Gasteiger partial charge in [-0.3, -0.25) is 0 Å². The van der Waals surface area contributed by atoms with E-state index in [1.807, 2.05) is 12.1 Å². The second kappa shape index (κ2) is 8.21. The van der Waals surface area contributed by atoms with Crippen LogP contribution in [0, 0.1) is 5.92 Å². The molecule has 0 aliphatic carbocycles. The molecule has 1 aromatic carbocycles. The van der Waals surface area contributed by atoms with Crippen molar-refractivity contribution in [1.29, 1.82) is 0 Å². The third kappa shape index (κ3) is 4.17. The van der Waals surface area contributed by atoms with Crippen molar-refractivity contribution in [3.63, 3.8) is 0 Å². The second-order valence-corrected chi connectivity index (χ2v) is 7.11. The van der Waals surface area contributed by atoms with Gasteiger partial charge in [-0.1, -0.05) is 45.7 Å². The van der Waals surface area contributed by atoms with E-state index in [0.29, 0.717) is 17.7 Å². The number of halogens is 1. The molecule has 126 valence electrons. The Labute approximate surface area is 142 Å². The fourth-order valence-electron chi connectivity index (χ4n) is 3.64. The fourth-order valence-corrected chi connectivity index (χ4v) is 3.64. The molecule has 2 nitrogen and oxygen atoms in total. The van der Waals surface area contributed by atoms with E-state index >= 15 is 0 Å². The summed E-state index contributed by atoms with van der Waals surface area (Å²) in [7, 11) is 0. The van der Waals surface area contributed by atoms with Crippen molar-refractivity contribution >= 4 is 12.4 Å². The Morgan fingerprint density at radius 2 is 2.14 bits per heavy atom. The molecule has 22 heavy (non-hydrogen) atoms. The van der Waals surface area contributed by atoms with Gasteiger partial charge in [0.2, 0.25) is 0 Å². The summed E-state index contributed by atoms with van der Waals surface area (Å²) in [5.74, 6) is 0.997. The summed E-state index contributed by atoms with van der Waals surface area (Å²) in [6.45, 7) is 11.7. The molecule has 0 bridgehead atoms. The number of rotatable bonds is 5. The van der Waals surface area contributed by atoms with Gasteiger partial charge in [-0.2, -0.15) is 0 Å². The SMILES string of the molecule is CCCCC(C)N1CCC(C)(c2cccc(O)c2)C(C)C1.Cl. The van der Waals surface area contributed by atoms with E-state index < -0.39 is 0 Å². The predicted molar refractivity (Wildman–Crippen MR) is 97.0 cm³/mol.